The van der Waals surface area contributed by atoms with E-state index >= 15 is 0 Å². The monoisotopic (exact) mass is 248 g/mol. The molecule has 1 N–H and O–H groups in total. The van der Waals surface area contributed by atoms with Gasteiger partial charge in [0.05, 0.1) is 7.29 Å². The summed E-state index contributed by atoms with van der Waals surface area (Å²) in [6.07, 6.45) is 0. The van der Waals surface area contributed by atoms with Gasteiger partial charge >= 0.3 is 5.97 Å². The molecule has 2 aromatic rings. The van der Waals surface area contributed by atoms with Gasteiger partial charge in [-0.15, -0.1) is 0 Å². The Morgan fingerprint density at radius 1 is 1.39 bits per heavy atom. The van der Waals surface area contributed by atoms with Crippen LogP contribution < -0.4 is 0 Å². The van der Waals surface area contributed by atoms with E-state index in [2.05, 4.69) is 0 Å². The van der Waals surface area contributed by atoms with Crippen molar-refractivity contribution < 1.29 is 19.8 Å². The van der Waals surface area contributed by atoms with Crippen LogP contribution in [-0.2, 0) is 4.79 Å². The van der Waals surface area contributed by atoms with Crippen molar-refractivity contribution in [1.82, 2.24) is 0 Å². The van der Waals surface area contributed by atoms with Gasteiger partial charge < -0.3 is 5.11 Å². The summed E-state index contributed by atoms with van der Waals surface area (Å²) in [5, 5.41) is 9.10. The van der Waals surface area contributed by atoms with Gasteiger partial charge in [-0.05, 0) is 24.0 Å². The SMILES string of the molecule is [2H]c1cc(-c2ccccc2)c(F)cc1C(C(=O)O)C([2H])([2H])[2H]. The zero-order chi connectivity index (χ0) is 16.5. The summed E-state index contributed by atoms with van der Waals surface area (Å²) in [5.41, 5.74) is 0.300. The van der Waals surface area contributed by atoms with Crippen molar-refractivity contribution in [2.24, 2.45) is 0 Å². The minimum absolute atomic E-state index is 0.129. The molecule has 0 bridgehead atoms. The molecule has 3 heteroatoms. The van der Waals surface area contributed by atoms with Crippen LogP contribution in [0.5, 0.6) is 0 Å². The highest BCUT2D eigenvalue weighted by atomic mass is 19.1. The lowest BCUT2D eigenvalue weighted by molar-refractivity contribution is -0.138. The molecule has 92 valence electrons. The van der Waals surface area contributed by atoms with Gasteiger partial charge in [0, 0.05) is 9.68 Å². The molecule has 0 aliphatic carbocycles. The van der Waals surface area contributed by atoms with Gasteiger partial charge in [0.15, 0.2) is 0 Å². The van der Waals surface area contributed by atoms with Crippen LogP contribution in [0.3, 0.4) is 0 Å². The lowest BCUT2D eigenvalue weighted by Gasteiger charge is -2.09. The Balaban J connectivity index is 2.58. The van der Waals surface area contributed by atoms with Crippen molar-refractivity contribution in [3.63, 3.8) is 0 Å². The van der Waals surface area contributed by atoms with E-state index in [0.717, 1.165) is 12.1 Å². The van der Waals surface area contributed by atoms with Crippen molar-refractivity contribution in [3.05, 3.63) is 59.9 Å². The van der Waals surface area contributed by atoms with Gasteiger partial charge in [0.1, 0.15) is 5.82 Å². The van der Waals surface area contributed by atoms with Crippen molar-refractivity contribution >= 4 is 5.97 Å². The topological polar surface area (TPSA) is 37.3 Å². The number of rotatable bonds is 3. The number of aliphatic carboxylic acids is 1. The van der Waals surface area contributed by atoms with E-state index in [4.69, 9.17) is 10.6 Å². The maximum Gasteiger partial charge on any atom is 0.310 e. The van der Waals surface area contributed by atoms with Gasteiger partial charge in [-0.1, -0.05) is 42.4 Å². The first-order valence-electron chi connectivity index (χ1n) is 7.30. The van der Waals surface area contributed by atoms with Gasteiger partial charge in [-0.25, -0.2) is 4.39 Å². The fourth-order valence-corrected chi connectivity index (χ4v) is 1.62. The first-order chi connectivity index (χ1) is 10.2. The van der Waals surface area contributed by atoms with E-state index in [-0.39, 0.29) is 17.2 Å². The van der Waals surface area contributed by atoms with E-state index in [1.165, 1.54) is 0 Å². The minimum atomic E-state index is -2.86. The van der Waals surface area contributed by atoms with Gasteiger partial charge in [-0.3, -0.25) is 4.79 Å². The molecule has 0 spiro atoms. The summed E-state index contributed by atoms with van der Waals surface area (Å²) in [6.45, 7) is -2.86. The molecule has 0 amide bonds. The Morgan fingerprint density at radius 3 is 2.72 bits per heavy atom. The highest BCUT2D eigenvalue weighted by Crippen LogP contribution is 2.26. The zero-order valence-electron chi connectivity index (χ0n) is 13.4. The molecule has 2 rings (SSSR count). The van der Waals surface area contributed by atoms with Crippen LogP contribution in [0, 0.1) is 5.82 Å². The standard InChI is InChI=1S/C15H13FO2/c1-10(15(17)18)12-7-8-13(14(16)9-12)11-5-3-2-4-6-11/h2-10H,1H3,(H,17,18)/i1D3,7D. The summed E-state index contributed by atoms with van der Waals surface area (Å²) in [5.74, 6) is -4.30. The number of carboxylic acid groups (broad SMARTS) is 1. The maximum atomic E-state index is 14.3. The highest BCUT2D eigenvalue weighted by molar-refractivity contribution is 5.76. The van der Waals surface area contributed by atoms with Crippen LogP contribution in [0.4, 0.5) is 4.39 Å². The molecule has 1 unspecified atom stereocenters. The van der Waals surface area contributed by atoms with Crippen LogP contribution in [0.15, 0.2) is 48.5 Å². The molecule has 0 aliphatic heterocycles. The third-order valence-corrected chi connectivity index (χ3v) is 2.57. The second-order valence-corrected chi connectivity index (χ2v) is 3.79. The summed E-state index contributed by atoms with van der Waals surface area (Å²) in [7, 11) is 0. The Labute approximate surface area is 110 Å². The Hall–Kier alpha value is -2.16. The third kappa shape index (κ3) is 2.40. The molecule has 2 aromatic carbocycles. The number of benzene rings is 2. The molecule has 0 aliphatic rings. The fourth-order valence-electron chi connectivity index (χ4n) is 1.62. The number of carboxylic acids is 1. The van der Waals surface area contributed by atoms with Crippen LogP contribution in [0.2, 0.25) is 0 Å². The van der Waals surface area contributed by atoms with E-state index in [1.54, 1.807) is 30.3 Å². The lowest BCUT2D eigenvalue weighted by Crippen LogP contribution is -2.07. The second-order valence-electron chi connectivity index (χ2n) is 3.79. The van der Waals surface area contributed by atoms with E-state index in [1.807, 2.05) is 0 Å². The Kier molecular flexibility index (Phi) is 2.23. The van der Waals surface area contributed by atoms with Crippen molar-refractivity contribution in [2.75, 3.05) is 0 Å². The molecular weight excluding hydrogens is 231 g/mol. The van der Waals surface area contributed by atoms with E-state index in [9.17, 15) is 9.18 Å². The van der Waals surface area contributed by atoms with Gasteiger partial charge in [0.25, 0.3) is 0 Å². The maximum absolute atomic E-state index is 14.3. The lowest BCUT2D eigenvalue weighted by atomic mass is 9.97. The zero-order valence-corrected chi connectivity index (χ0v) is 9.35. The minimum Gasteiger partial charge on any atom is -0.481 e. The molecule has 2 nitrogen and oxygen atoms in total. The van der Waals surface area contributed by atoms with Crippen LogP contribution >= 0.6 is 0 Å². The average Bonchev–Trinajstić information content (AvgIpc) is 2.41. The van der Waals surface area contributed by atoms with Gasteiger partial charge in [-0.2, -0.15) is 0 Å². The summed E-state index contributed by atoms with van der Waals surface area (Å²) >= 11 is 0. The van der Waals surface area contributed by atoms with Crippen LogP contribution in [0.25, 0.3) is 11.1 Å². The van der Waals surface area contributed by atoms with Crippen molar-refractivity contribution in [2.45, 2.75) is 12.8 Å². The summed E-state index contributed by atoms with van der Waals surface area (Å²) in [4.78, 5) is 11.2. The largest absolute Gasteiger partial charge is 0.481 e. The molecule has 0 fully saturated rings. The van der Waals surface area contributed by atoms with Crippen LogP contribution in [0.1, 0.15) is 23.8 Å². The first kappa shape index (κ1) is 8.03. The predicted octanol–water partition coefficient (Wildman–Crippen LogP) is 3.68. The summed E-state index contributed by atoms with van der Waals surface area (Å²) in [6, 6.07) is 10.1. The number of carbonyl (C=O) groups is 1. The van der Waals surface area contributed by atoms with Gasteiger partial charge in [0.2, 0.25) is 0 Å². The smallest absolute Gasteiger partial charge is 0.310 e. The highest BCUT2D eigenvalue weighted by Gasteiger charge is 2.15. The number of hydrogen-bond acceptors (Lipinski definition) is 1. The predicted molar refractivity (Wildman–Crippen MR) is 67.9 cm³/mol. The molecule has 18 heavy (non-hydrogen) atoms. The quantitative estimate of drug-likeness (QED) is 0.899. The molecule has 0 heterocycles. The molecule has 0 saturated carbocycles. The molecule has 0 saturated heterocycles. The van der Waals surface area contributed by atoms with E-state index < -0.39 is 24.6 Å². The molecule has 0 radical (unpaired) electrons. The fraction of sp³-hybridized carbons (Fsp3) is 0.133. The number of hydrogen-bond donors (Lipinski definition) is 1. The molecule has 0 aromatic heterocycles. The molecule has 1 atom stereocenters. The molecular formula is C15H13FO2. The second kappa shape index (κ2) is 5.00. The Morgan fingerprint density at radius 2 is 2.11 bits per heavy atom. The van der Waals surface area contributed by atoms with Crippen molar-refractivity contribution in [3.8, 4) is 11.1 Å². The van der Waals surface area contributed by atoms with Crippen molar-refractivity contribution in [1.29, 1.82) is 0 Å². The first-order valence-corrected chi connectivity index (χ1v) is 5.30. The summed E-state index contributed by atoms with van der Waals surface area (Å²) < 4.78 is 44.0. The van der Waals surface area contributed by atoms with Crippen LogP contribution in [-0.4, -0.2) is 11.1 Å². The van der Waals surface area contributed by atoms with E-state index in [0.29, 0.717) is 5.56 Å². The number of halogens is 1. The third-order valence-electron chi connectivity index (χ3n) is 2.57. The Bertz CT molecular complexity index is 699. The average molecular weight is 248 g/mol. The normalized spacial score (nSPS) is 16.1.